The highest BCUT2D eigenvalue weighted by Gasteiger charge is 2.04. The van der Waals surface area contributed by atoms with E-state index in [4.69, 9.17) is 9.47 Å². The van der Waals surface area contributed by atoms with Gasteiger partial charge in [0.25, 0.3) is 0 Å². The second-order valence-electron chi connectivity index (χ2n) is 5.02. The molecule has 0 amide bonds. The number of guanidine groups is 1. The average Bonchev–Trinajstić information content (AvgIpc) is 2.59. The van der Waals surface area contributed by atoms with E-state index in [1.165, 1.54) is 5.57 Å². The molecule has 1 aromatic carbocycles. The third kappa shape index (κ3) is 8.22. The van der Waals surface area contributed by atoms with Gasteiger partial charge in [0.1, 0.15) is 12.4 Å². The Hall–Kier alpha value is -1.28. The van der Waals surface area contributed by atoms with Crippen LogP contribution >= 0.6 is 24.0 Å². The summed E-state index contributed by atoms with van der Waals surface area (Å²) in [5.74, 6) is 1.70. The van der Waals surface area contributed by atoms with Crippen molar-refractivity contribution in [1.29, 1.82) is 0 Å². The van der Waals surface area contributed by atoms with E-state index in [-0.39, 0.29) is 24.0 Å². The van der Waals surface area contributed by atoms with Crippen molar-refractivity contribution in [3.05, 3.63) is 42.0 Å². The summed E-state index contributed by atoms with van der Waals surface area (Å²) in [5.41, 5.74) is 1.46. The third-order valence-corrected chi connectivity index (χ3v) is 3.43. The first-order valence-electron chi connectivity index (χ1n) is 7.76. The number of aliphatic imine (C=N–C) groups is 1. The normalized spacial score (nSPS) is 14.5. The molecule has 6 heteroatoms. The molecule has 0 bridgehead atoms. The van der Waals surface area contributed by atoms with E-state index in [1.807, 2.05) is 30.3 Å². The van der Waals surface area contributed by atoms with Crippen LogP contribution in [-0.4, -0.2) is 45.9 Å². The number of nitrogens with one attached hydrogen (secondary N) is 2. The van der Waals surface area contributed by atoms with Crippen molar-refractivity contribution in [3.8, 4) is 5.75 Å². The molecule has 23 heavy (non-hydrogen) atoms. The van der Waals surface area contributed by atoms with Crippen molar-refractivity contribution in [2.75, 3.05) is 40.0 Å². The largest absolute Gasteiger partial charge is 0.492 e. The summed E-state index contributed by atoms with van der Waals surface area (Å²) in [7, 11) is 1.78. The highest BCUT2D eigenvalue weighted by molar-refractivity contribution is 14.0. The first kappa shape index (κ1) is 19.8. The molecular formula is C17H26IN3O2. The SMILES string of the molecule is CN=C(NCCOc1ccccc1)NCCC1=CCOCC1.I. The summed E-state index contributed by atoms with van der Waals surface area (Å²) in [6, 6.07) is 9.82. The maximum Gasteiger partial charge on any atom is 0.191 e. The lowest BCUT2D eigenvalue weighted by Gasteiger charge is -2.15. The van der Waals surface area contributed by atoms with E-state index in [0.29, 0.717) is 13.2 Å². The molecule has 1 heterocycles. The summed E-state index contributed by atoms with van der Waals surface area (Å²) in [6.45, 7) is 3.79. The monoisotopic (exact) mass is 431 g/mol. The Balaban J connectivity index is 0.00000264. The van der Waals surface area contributed by atoms with Gasteiger partial charge < -0.3 is 20.1 Å². The second kappa shape index (κ2) is 12.2. The number of nitrogens with zero attached hydrogens (tertiary/aromatic N) is 1. The standard InChI is InChI=1S/C17H25N3O2.HI/c1-18-17(19-10-7-15-8-12-21-13-9-15)20-11-14-22-16-5-3-2-4-6-16;/h2-6,8H,7,9-14H2,1H3,(H2,18,19,20);1H. The highest BCUT2D eigenvalue weighted by atomic mass is 127. The van der Waals surface area contributed by atoms with Crippen LogP contribution in [-0.2, 0) is 4.74 Å². The zero-order valence-corrected chi connectivity index (χ0v) is 15.9. The van der Waals surface area contributed by atoms with Crippen molar-refractivity contribution < 1.29 is 9.47 Å². The van der Waals surface area contributed by atoms with Gasteiger partial charge in [0.2, 0.25) is 0 Å². The minimum absolute atomic E-state index is 0. The predicted octanol–water partition coefficient (Wildman–Crippen LogP) is 2.59. The van der Waals surface area contributed by atoms with Crippen molar-refractivity contribution in [2.24, 2.45) is 4.99 Å². The van der Waals surface area contributed by atoms with Crippen LogP contribution in [0, 0.1) is 0 Å². The molecule has 0 aliphatic carbocycles. The van der Waals surface area contributed by atoms with Gasteiger partial charge in [-0.3, -0.25) is 4.99 Å². The molecule has 0 saturated heterocycles. The molecule has 2 rings (SSSR count). The number of halogens is 1. The lowest BCUT2D eigenvalue weighted by Crippen LogP contribution is -2.39. The molecule has 0 unspecified atom stereocenters. The average molecular weight is 431 g/mol. The number of rotatable bonds is 7. The molecule has 0 atom stereocenters. The topological polar surface area (TPSA) is 54.9 Å². The van der Waals surface area contributed by atoms with Crippen LogP contribution in [0.15, 0.2) is 47.0 Å². The lowest BCUT2D eigenvalue weighted by atomic mass is 10.1. The van der Waals surface area contributed by atoms with Crippen molar-refractivity contribution in [3.63, 3.8) is 0 Å². The Morgan fingerprint density at radius 3 is 2.70 bits per heavy atom. The second-order valence-corrected chi connectivity index (χ2v) is 5.02. The number of hydrogen-bond donors (Lipinski definition) is 2. The van der Waals surface area contributed by atoms with E-state index in [2.05, 4.69) is 21.7 Å². The summed E-state index contributed by atoms with van der Waals surface area (Å²) < 4.78 is 10.9. The Kier molecular flexibility index (Phi) is 10.5. The first-order valence-corrected chi connectivity index (χ1v) is 7.76. The molecule has 1 aliphatic rings. The Morgan fingerprint density at radius 1 is 1.22 bits per heavy atom. The van der Waals surface area contributed by atoms with E-state index in [0.717, 1.165) is 44.3 Å². The van der Waals surface area contributed by atoms with Gasteiger partial charge >= 0.3 is 0 Å². The molecule has 0 radical (unpaired) electrons. The predicted molar refractivity (Wildman–Crippen MR) is 105 cm³/mol. The molecule has 2 N–H and O–H groups in total. The number of ether oxygens (including phenoxy) is 2. The minimum Gasteiger partial charge on any atom is -0.492 e. The van der Waals surface area contributed by atoms with Crippen molar-refractivity contribution >= 4 is 29.9 Å². The Bertz CT molecular complexity index is 492. The minimum atomic E-state index is 0. The summed E-state index contributed by atoms with van der Waals surface area (Å²) >= 11 is 0. The smallest absolute Gasteiger partial charge is 0.191 e. The van der Waals surface area contributed by atoms with Crippen molar-refractivity contribution in [1.82, 2.24) is 10.6 Å². The Labute approximate surface area is 155 Å². The molecule has 128 valence electrons. The zero-order chi connectivity index (χ0) is 15.5. The fraction of sp³-hybridized carbons (Fsp3) is 0.471. The number of hydrogen-bond acceptors (Lipinski definition) is 3. The summed E-state index contributed by atoms with van der Waals surface area (Å²) in [5, 5.41) is 6.56. The third-order valence-electron chi connectivity index (χ3n) is 3.43. The van der Waals surface area contributed by atoms with Crippen LogP contribution in [0.25, 0.3) is 0 Å². The molecular weight excluding hydrogens is 405 g/mol. The van der Waals surface area contributed by atoms with Gasteiger partial charge in [0, 0.05) is 13.6 Å². The van der Waals surface area contributed by atoms with Crippen molar-refractivity contribution in [2.45, 2.75) is 12.8 Å². The van der Waals surface area contributed by atoms with Gasteiger partial charge in [-0.1, -0.05) is 29.8 Å². The molecule has 0 fully saturated rings. The Morgan fingerprint density at radius 2 is 2.00 bits per heavy atom. The quantitative estimate of drug-likeness (QED) is 0.229. The highest BCUT2D eigenvalue weighted by Crippen LogP contribution is 2.10. The van der Waals surface area contributed by atoms with E-state index in [9.17, 15) is 0 Å². The van der Waals surface area contributed by atoms with Gasteiger partial charge in [-0.2, -0.15) is 0 Å². The van der Waals surface area contributed by atoms with Gasteiger partial charge in [0.05, 0.1) is 19.8 Å². The fourth-order valence-corrected chi connectivity index (χ4v) is 2.21. The van der Waals surface area contributed by atoms with E-state index in [1.54, 1.807) is 7.05 Å². The number of benzene rings is 1. The maximum absolute atomic E-state index is 5.63. The van der Waals surface area contributed by atoms with Gasteiger partial charge in [-0.25, -0.2) is 0 Å². The van der Waals surface area contributed by atoms with Gasteiger partial charge in [0.15, 0.2) is 5.96 Å². The van der Waals surface area contributed by atoms with Crippen LogP contribution < -0.4 is 15.4 Å². The fourth-order valence-electron chi connectivity index (χ4n) is 2.21. The van der Waals surface area contributed by atoms with Gasteiger partial charge in [-0.05, 0) is 25.0 Å². The molecule has 0 spiro atoms. The summed E-state index contributed by atoms with van der Waals surface area (Å²) in [4.78, 5) is 4.21. The van der Waals surface area contributed by atoms with Crippen LogP contribution in [0.3, 0.4) is 0 Å². The zero-order valence-electron chi connectivity index (χ0n) is 13.6. The maximum atomic E-state index is 5.63. The van der Waals surface area contributed by atoms with Crippen LogP contribution in [0.2, 0.25) is 0 Å². The van der Waals surface area contributed by atoms with Crippen LogP contribution in [0.4, 0.5) is 0 Å². The number of para-hydroxylation sites is 1. The first-order chi connectivity index (χ1) is 10.9. The molecule has 0 saturated carbocycles. The summed E-state index contributed by atoms with van der Waals surface area (Å²) in [6.07, 6.45) is 4.25. The molecule has 5 nitrogen and oxygen atoms in total. The van der Waals surface area contributed by atoms with Crippen LogP contribution in [0.5, 0.6) is 5.75 Å². The van der Waals surface area contributed by atoms with E-state index >= 15 is 0 Å². The molecule has 1 aromatic rings. The lowest BCUT2D eigenvalue weighted by molar-refractivity contribution is 0.153. The molecule has 1 aliphatic heterocycles. The van der Waals surface area contributed by atoms with Crippen LogP contribution in [0.1, 0.15) is 12.8 Å². The van der Waals surface area contributed by atoms with E-state index < -0.39 is 0 Å². The van der Waals surface area contributed by atoms with Gasteiger partial charge in [-0.15, -0.1) is 24.0 Å². The molecule has 0 aromatic heterocycles.